The third-order valence-electron chi connectivity index (χ3n) is 3.70. The van der Waals surface area contributed by atoms with Gasteiger partial charge in [0.1, 0.15) is 6.04 Å². The fourth-order valence-electron chi connectivity index (χ4n) is 2.44. The van der Waals surface area contributed by atoms with Crippen LogP contribution in [0.4, 0.5) is 0 Å². The van der Waals surface area contributed by atoms with Crippen molar-refractivity contribution in [2.24, 2.45) is 0 Å². The zero-order valence-electron chi connectivity index (χ0n) is 12.3. The number of hydrogen-bond donors (Lipinski definition) is 3. The van der Waals surface area contributed by atoms with E-state index < -0.39 is 6.04 Å². The van der Waals surface area contributed by atoms with Gasteiger partial charge >= 0.3 is 0 Å². The van der Waals surface area contributed by atoms with Crippen LogP contribution in [0.1, 0.15) is 23.8 Å². The molecule has 0 aliphatic carbocycles. The molecule has 3 rings (SSSR count). The molecular weight excluding hydrogens is 284 g/mol. The molecule has 3 N–H and O–H groups in total. The van der Waals surface area contributed by atoms with Crippen molar-refractivity contribution < 1.29 is 14.3 Å². The van der Waals surface area contributed by atoms with Crippen molar-refractivity contribution in [3.8, 4) is 0 Å². The average molecular weight is 302 g/mol. The standard InChI is InChI=1S/C15H18N4O3/c1-9(14(20)17-10-6-7-22-8-10)16-15(21)13-11-4-2-3-5-12(11)18-19-13/h2-5,9-10H,6-8H2,1H3,(H,16,21)(H,17,20)(H,18,19)/t9-,10-/m0/s1. The molecule has 0 radical (unpaired) electrons. The lowest BCUT2D eigenvalue weighted by Crippen LogP contribution is -2.48. The Morgan fingerprint density at radius 2 is 2.23 bits per heavy atom. The molecule has 1 saturated heterocycles. The van der Waals surface area contributed by atoms with Crippen LogP contribution in [0.3, 0.4) is 0 Å². The summed E-state index contributed by atoms with van der Waals surface area (Å²) in [7, 11) is 0. The summed E-state index contributed by atoms with van der Waals surface area (Å²) >= 11 is 0. The number of amides is 2. The lowest BCUT2D eigenvalue weighted by Gasteiger charge is -2.16. The Morgan fingerprint density at radius 1 is 1.41 bits per heavy atom. The Balaban J connectivity index is 1.64. The van der Waals surface area contributed by atoms with Crippen molar-refractivity contribution in [2.45, 2.75) is 25.4 Å². The molecule has 0 saturated carbocycles. The van der Waals surface area contributed by atoms with E-state index in [9.17, 15) is 9.59 Å². The van der Waals surface area contributed by atoms with E-state index in [1.54, 1.807) is 6.92 Å². The maximum absolute atomic E-state index is 12.3. The Hall–Kier alpha value is -2.41. The van der Waals surface area contributed by atoms with Crippen molar-refractivity contribution in [2.75, 3.05) is 13.2 Å². The summed E-state index contributed by atoms with van der Waals surface area (Å²) in [6.07, 6.45) is 0.802. The highest BCUT2D eigenvalue weighted by Gasteiger charge is 2.23. The van der Waals surface area contributed by atoms with Crippen LogP contribution in [0, 0.1) is 0 Å². The molecule has 0 bridgehead atoms. The van der Waals surface area contributed by atoms with E-state index in [1.165, 1.54) is 0 Å². The minimum Gasteiger partial charge on any atom is -0.379 e. The van der Waals surface area contributed by atoms with Crippen LogP contribution in [-0.4, -0.2) is 47.3 Å². The van der Waals surface area contributed by atoms with Gasteiger partial charge in [-0.1, -0.05) is 18.2 Å². The Labute approximate surface area is 127 Å². The molecule has 7 nitrogen and oxygen atoms in total. The molecule has 2 heterocycles. The summed E-state index contributed by atoms with van der Waals surface area (Å²) in [5.74, 6) is -0.591. The SMILES string of the molecule is C[C@H](NC(=O)c1n[nH]c2ccccc12)C(=O)N[C@H]1CCOC1. The Bertz CT molecular complexity index is 691. The average Bonchev–Trinajstić information content (AvgIpc) is 3.15. The van der Waals surface area contributed by atoms with Crippen molar-refractivity contribution in [1.29, 1.82) is 0 Å². The maximum Gasteiger partial charge on any atom is 0.273 e. The first-order chi connectivity index (χ1) is 10.6. The number of fused-ring (bicyclic) bond motifs is 1. The first-order valence-electron chi connectivity index (χ1n) is 7.27. The van der Waals surface area contributed by atoms with Crippen LogP contribution in [0.25, 0.3) is 10.9 Å². The lowest BCUT2D eigenvalue weighted by atomic mass is 10.2. The number of aromatic amines is 1. The number of H-pyrrole nitrogens is 1. The molecule has 0 spiro atoms. The number of hydrogen-bond acceptors (Lipinski definition) is 4. The molecule has 0 unspecified atom stereocenters. The van der Waals surface area contributed by atoms with Crippen molar-refractivity contribution >= 4 is 22.7 Å². The highest BCUT2D eigenvalue weighted by Crippen LogP contribution is 2.14. The van der Waals surface area contributed by atoms with E-state index in [2.05, 4.69) is 20.8 Å². The number of ether oxygens (including phenoxy) is 1. The van der Waals surface area contributed by atoms with Gasteiger partial charge in [0, 0.05) is 12.0 Å². The van der Waals surface area contributed by atoms with E-state index in [0.29, 0.717) is 18.9 Å². The number of carbonyl (C=O) groups is 2. The predicted octanol–water partition coefficient (Wildman–Crippen LogP) is 0.586. The van der Waals surface area contributed by atoms with Gasteiger partial charge in [0.2, 0.25) is 5.91 Å². The molecule has 22 heavy (non-hydrogen) atoms. The molecule has 1 aliphatic rings. The molecule has 2 amide bonds. The number of rotatable bonds is 4. The maximum atomic E-state index is 12.3. The van der Waals surface area contributed by atoms with Crippen molar-refractivity contribution in [1.82, 2.24) is 20.8 Å². The summed E-state index contributed by atoms with van der Waals surface area (Å²) in [6, 6.07) is 6.75. The minimum absolute atomic E-state index is 0.0260. The Morgan fingerprint density at radius 3 is 3.00 bits per heavy atom. The minimum atomic E-state index is -0.636. The largest absolute Gasteiger partial charge is 0.379 e. The molecule has 2 atom stereocenters. The fraction of sp³-hybridized carbons (Fsp3) is 0.400. The van der Waals surface area contributed by atoms with Gasteiger partial charge in [-0.3, -0.25) is 14.7 Å². The quantitative estimate of drug-likeness (QED) is 0.770. The number of carbonyl (C=O) groups excluding carboxylic acids is 2. The van der Waals surface area contributed by atoms with Gasteiger partial charge in [0.15, 0.2) is 5.69 Å². The highest BCUT2D eigenvalue weighted by molar-refractivity contribution is 6.05. The molecule has 7 heteroatoms. The Kier molecular flexibility index (Phi) is 4.06. The van der Waals surface area contributed by atoms with Crippen LogP contribution in [-0.2, 0) is 9.53 Å². The zero-order chi connectivity index (χ0) is 15.5. The third kappa shape index (κ3) is 2.94. The lowest BCUT2D eigenvalue weighted by molar-refractivity contribution is -0.123. The molecule has 1 aliphatic heterocycles. The number of benzene rings is 1. The van der Waals surface area contributed by atoms with E-state index in [1.807, 2.05) is 24.3 Å². The van der Waals surface area contributed by atoms with Gasteiger partial charge in [0.25, 0.3) is 5.91 Å². The molecule has 1 aromatic heterocycles. The van der Waals surface area contributed by atoms with Crippen molar-refractivity contribution in [3.63, 3.8) is 0 Å². The second kappa shape index (κ2) is 6.15. The summed E-state index contributed by atoms with van der Waals surface area (Å²) in [5.41, 5.74) is 1.08. The monoisotopic (exact) mass is 302 g/mol. The fourth-order valence-corrected chi connectivity index (χ4v) is 2.44. The normalized spacial score (nSPS) is 19.0. The van der Waals surface area contributed by atoms with Gasteiger partial charge in [-0.25, -0.2) is 0 Å². The smallest absolute Gasteiger partial charge is 0.273 e. The van der Waals surface area contributed by atoms with E-state index in [0.717, 1.165) is 17.3 Å². The van der Waals surface area contributed by atoms with Gasteiger partial charge < -0.3 is 15.4 Å². The number of para-hydroxylation sites is 1. The van der Waals surface area contributed by atoms with Crippen LogP contribution in [0.2, 0.25) is 0 Å². The second-order valence-corrected chi connectivity index (χ2v) is 5.38. The summed E-state index contributed by atoms with van der Waals surface area (Å²) in [4.78, 5) is 24.3. The molecule has 1 fully saturated rings. The van der Waals surface area contributed by atoms with Gasteiger partial charge in [0.05, 0.1) is 18.2 Å². The zero-order valence-corrected chi connectivity index (χ0v) is 12.3. The third-order valence-corrected chi connectivity index (χ3v) is 3.70. The first-order valence-corrected chi connectivity index (χ1v) is 7.27. The number of nitrogens with one attached hydrogen (secondary N) is 3. The number of aromatic nitrogens is 2. The van der Waals surface area contributed by atoms with Crippen LogP contribution < -0.4 is 10.6 Å². The van der Waals surface area contributed by atoms with Crippen LogP contribution >= 0.6 is 0 Å². The molecule has 1 aromatic carbocycles. The molecule has 2 aromatic rings. The van der Waals surface area contributed by atoms with Gasteiger partial charge in [-0.15, -0.1) is 0 Å². The highest BCUT2D eigenvalue weighted by atomic mass is 16.5. The van der Waals surface area contributed by atoms with Gasteiger partial charge in [-0.2, -0.15) is 5.10 Å². The van der Waals surface area contributed by atoms with E-state index in [-0.39, 0.29) is 17.9 Å². The van der Waals surface area contributed by atoms with Crippen molar-refractivity contribution in [3.05, 3.63) is 30.0 Å². The van der Waals surface area contributed by atoms with Crippen LogP contribution in [0.15, 0.2) is 24.3 Å². The summed E-state index contributed by atoms with van der Waals surface area (Å²) in [5, 5.41) is 13.1. The van der Waals surface area contributed by atoms with Gasteiger partial charge in [-0.05, 0) is 19.4 Å². The first kappa shape index (κ1) is 14.5. The summed E-state index contributed by atoms with van der Waals surface area (Å²) < 4.78 is 5.21. The predicted molar refractivity (Wildman–Crippen MR) is 80.4 cm³/mol. The number of nitrogens with zero attached hydrogens (tertiary/aromatic N) is 1. The van der Waals surface area contributed by atoms with E-state index >= 15 is 0 Å². The topological polar surface area (TPSA) is 96.1 Å². The van der Waals surface area contributed by atoms with E-state index in [4.69, 9.17) is 4.74 Å². The molecular formula is C15H18N4O3. The molecule has 116 valence electrons. The summed E-state index contributed by atoms with van der Waals surface area (Å²) in [6.45, 7) is 2.83. The second-order valence-electron chi connectivity index (χ2n) is 5.38. The van der Waals surface area contributed by atoms with Crippen LogP contribution in [0.5, 0.6) is 0 Å².